The van der Waals surface area contributed by atoms with Crippen LogP contribution < -0.4 is 0 Å². The van der Waals surface area contributed by atoms with Crippen LogP contribution in [0.5, 0.6) is 5.88 Å². The normalized spacial score (nSPS) is 17.4. The maximum atomic E-state index is 10.8. The zero-order chi connectivity index (χ0) is 16.7. The van der Waals surface area contributed by atoms with Gasteiger partial charge < -0.3 is 5.11 Å². The van der Waals surface area contributed by atoms with E-state index in [1.54, 1.807) is 15.9 Å². The first-order chi connectivity index (χ1) is 11.6. The lowest BCUT2D eigenvalue weighted by molar-refractivity contribution is 0.186. The number of aromatic nitrogens is 3. The second-order valence-corrected chi connectivity index (χ2v) is 7.51. The highest BCUT2D eigenvalue weighted by Crippen LogP contribution is 2.41. The van der Waals surface area contributed by atoms with Crippen molar-refractivity contribution < 1.29 is 5.11 Å². The Morgan fingerprint density at radius 2 is 1.88 bits per heavy atom. The van der Waals surface area contributed by atoms with Crippen LogP contribution in [-0.2, 0) is 0 Å². The van der Waals surface area contributed by atoms with E-state index < -0.39 is 0 Å². The summed E-state index contributed by atoms with van der Waals surface area (Å²) in [5, 5.41) is 15.1. The molecule has 0 radical (unpaired) electrons. The topological polar surface area (TPSA) is 53.7 Å². The number of benzene rings is 1. The van der Waals surface area contributed by atoms with E-state index in [0.29, 0.717) is 5.82 Å². The van der Waals surface area contributed by atoms with Crippen LogP contribution in [0, 0.1) is 13.8 Å². The van der Waals surface area contributed by atoms with E-state index in [0.717, 1.165) is 22.9 Å². The molecule has 0 spiro atoms. The molecule has 0 bridgehead atoms. The van der Waals surface area contributed by atoms with Crippen LogP contribution in [0.4, 0.5) is 0 Å². The molecule has 0 amide bonds. The first kappa shape index (κ1) is 15.6. The van der Waals surface area contributed by atoms with Crippen LogP contribution in [0.25, 0.3) is 4.96 Å². The first-order valence-electron chi connectivity index (χ1n) is 8.50. The molecule has 1 unspecified atom stereocenters. The Hall–Kier alpha value is -1.92. The van der Waals surface area contributed by atoms with Crippen molar-refractivity contribution in [3.8, 4) is 5.88 Å². The van der Waals surface area contributed by atoms with Gasteiger partial charge in [0, 0.05) is 0 Å². The lowest BCUT2D eigenvalue weighted by atomic mass is 9.96. The number of hydrogen-bond donors (Lipinski definition) is 1. The predicted octanol–water partition coefficient (Wildman–Crippen LogP) is 3.69. The second kappa shape index (κ2) is 6.18. The standard InChI is InChI=1S/C18H22N4OS/c1-12-8-4-5-9-14(12)15(21-10-6-3-7-11-21)16-17(23)22-18(24-16)19-13(2)20-22/h4-5,8-9,15,23H,3,6-7,10-11H2,1-2H3. The Morgan fingerprint density at radius 1 is 1.12 bits per heavy atom. The van der Waals surface area contributed by atoms with Crippen molar-refractivity contribution in [3.63, 3.8) is 0 Å². The van der Waals surface area contributed by atoms with Crippen molar-refractivity contribution in [1.82, 2.24) is 19.5 Å². The second-order valence-electron chi connectivity index (χ2n) is 6.50. The molecule has 1 aliphatic rings. The molecule has 6 heteroatoms. The van der Waals surface area contributed by atoms with Crippen LogP contribution in [0.3, 0.4) is 0 Å². The maximum Gasteiger partial charge on any atom is 0.230 e. The number of thiazole rings is 1. The Bertz CT molecular complexity index is 863. The third-order valence-corrected chi connectivity index (χ3v) is 5.87. The van der Waals surface area contributed by atoms with Crippen LogP contribution in [-0.4, -0.2) is 37.7 Å². The van der Waals surface area contributed by atoms with Crippen LogP contribution in [0.15, 0.2) is 24.3 Å². The van der Waals surface area contributed by atoms with Gasteiger partial charge in [-0.25, -0.2) is 4.98 Å². The Labute approximate surface area is 145 Å². The average molecular weight is 342 g/mol. The maximum absolute atomic E-state index is 10.8. The van der Waals surface area contributed by atoms with Crippen molar-refractivity contribution in [2.24, 2.45) is 0 Å². The van der Waals surface area contributed by atoms with Gasteiger partial charge in [-0.05, 0) is 50.9 Å². The highest BCUT2D eigenvalue weighted by molar-refractivity contribution is 7.17. The molecule has 0 saturated carbocycles. The van der Waals surface area contributed by atoms with Crippen LogP contribution in [0.1, 0.15) is 47.1 Å². The predicted molar refractivity (Wildman–Crippen MR) is 95.7 cm³/mol. The van der Waals surface area contributed by atoms with E-state index in [-0.39, 0.29) is 11.9 Å². The minimum Gasteiger partial charge on any atom is -0.492 e. The summed E-state index contributed by atoms with van der Waals surface area (Å²) in [5.74, 6) is 0.919. The van der Waals surface area contributed by atoms with Crippen molar-refractivity contribution in [2.75, 3.05) is 13.1 Å². The number of rotatable bonds is 3. The summed E-state index contributed by atoms with van der Waals surface area (Å²) in [4.78, 5) is 8.63. The van der Waals surface area contributed by atoms with E-state index in [1.165, 1.54) is 30.4 Å². The summed E-state index contributed by atoms with van der Waals surface area (Å²) in [6.07, 6.45) is 3.71. The Morgan fingerprint density at radius 3 is 2.58 bits per heavy atom. The van der Waals surface area contributed by atoms with Gasteiger partial charge in [-0.3, -0.25) is 4.90 Å². The molecule has 1 N–H and O–H groups in total. The minimum atomic E-state index is 0.0697. The van der Waals surface area contributed by atoms with Gasteiger partial charge in [0.05, 0.1) is 10.9 Å². The average Bonchev–Trinajstić information content (AvgIpc) is 3.09. The van der Waals surface area contributed by atoms with Crippen molar-refractivity contribution >= 4 is 16.3 Å². The van der Waals surface area contributed by atoms with Gasteiger partial charge in [0.25, 0.3) is 0 Å². The van der Waals surface area contributed by atoms with Crippen molar-refractivity contribution in [2.45, 2.75) is 39.2 Å². The number of piperidine rings is 1. The molecule has 126 valence electrons. The largest absolute Gasteiger partial charge is 0.492 e. The highest BCUT2D eigenvalue weighted by atomic mass is 32.1. The third-order valence-electron chi connectivity index (χ3n) is 4.79. The fraction of sp³-hybridized carbons (Fsp3) is 0.444. The molecule has 3 heterocycles. The highest BCUT2D eigenvalue weighted by Gasteiger charge is 2.30. The summed E-state index contributed by atoms with van der Waals surface area (Å²) in [7, 11) is 0. The van der Waals surface area contributed by atoms with Gasteiger partial charge >= 0.3 is 0 Å². The number of nitrogens with zero attached hydrogens (tertiary/aromatic N) is 4. The lowest BCUT2D eigenvalue weighted by Crippen LogP contribution is -2.34. The van der Waals surface area contributed by atoms with E-state index in [2.05, 4.69) is 46.2 Å². The quantitative estimate of drug-likeness (QED) is 0.789. The molecule has 1 atom stereocenters. The molecule has 1 aliphatic heterocycles. The van der Waals surface area contributed by atoms with E-state index in [9.17, 15) is 5.11 Å². The summed E-state index contributed by atoms with van der Waals surface area (Å²) >= 11 is 1.55. The zero-order valence-electron chi connectivity index (χ0n) is 14.1. The van der Waals surface area contributed by atoms with Gasteiger partial charge in [-0.2, -0.15) is 4.52 Å². The van der Waals surface area contributed by atoms with Crippen LogP contribution in [0.2, 0.25) is 0 Å². The molecule has 1 fully saturated rings. The Balaban J connectivity index is 1.86. The summed E-state index contributed by atoms with van der Waals surface area (Å²) in [6.45, 7) is 6.11. The molecular formula is C18H22N4OS. The molecular weight excluding hydrogens is 320 g/mol. The number of aryl methyl sites for hydroxylation is 2. The molecule has 3 aromatic rings. The SMILES string of the molecule is Cc1nc2sc(C(c3ccccc3C)N3CCCCC3)c(O)n2n1. The minimum absolute atomic E-state index is 0.0697. The molecule has 2 aromatic heterocycles. The fourth-order valence-corrected chi connectivity index (χ4v) is 4.75. The molecule has 0 aliphatic carbocycles. The Kier molecular flexibility index (Phi) is 4.02. The van der Waals surface area contributed by atoms with Gasteiger partial charge in [0.15, 0.2) is 0 Å². The van der Waals surface area contributed by atoms with Gasteiger partial charge in [0.1, 0.15) is 5.82 Å². The van der Waals surface area contributed by atoms with Crippen molar-refractivity contribution in [3.05, 3.63) is 46.1 Å². The summed E-state index contributed by atoms with van der Waals surface area (Å²) < 4.78 is 1.57. The number of fused-ring (bicyclic) bond motifs is 1. The summed E-state index contributed by atoms with van der Waals surface area (Å²) in [6, 6.07) is 8.54. The van der Waals surface area contributed by atoms with E-state index >= 15 is 0 Å². The number of aromatic hydroxyl groups is 1. The molecule has 1 saturated heterocycles. The first-order valence-corrected chi connectivity index (χ1v) is 9.31. The molecule has 4 rings (SSSR count). The third kappa shape index (κ3) is 2.59. The number of hydrogen-bond acceptors (Lipinski definition) is 5. The van der Waals surface area contributed by atoms with Crippen LogP contribution >= 0.6 is 11.3 Å². The smallest absolute Gasteiger partial charge is 0.230 e. The van der Waals surface area contributed by atoms with Gasteiger partial charge in [0.2, 0.25) is 10.8 Å². The fourth-order valence-electron chi connectivity index (χ4n) is 3.60. The monoisotopic (exact) mass is 342 g/mol. The molecule has 5 nitrogen and oxygen atoms in total. The number of likely N-dealkylation sites (tertiary alicyclic amines) is 1. The van der Waals surface area contributed by atoms with E-state index in [1.807, 2.05) is 6.92 Å². The van der Waals surface area contributed by atoms with Gasteiger partial charge in [-0.1, -0.05) is 42.0 Å². The zero-order valence-corrected chi connectivity index (χ0v) is 14.9. The van der Waals surface area contributed by atoms with Gasteiger partial charge in [-0.15, -0.1) is 5.10 Å². The van der Waals surface area contributed by atoms with Crippen molar-refractivity contribution in [1.29, 1.82) is 0 Å². The summed E-state index contributed by atoms with van der Waals surface area (Å²) in [5.41, 5.74) is 2.51. The van der Waals surface area contributed by atoms with E-state index in [4.69, 9.17) is 0 Å². The molecule has 1 aromatic carbocycles. The lowest BCUT2D eigenvalue weighted by Gasteiger charge is -2.35. The molecule has 24 heavy (non-hydrogen) atoms.